The minimum absolute atomic E-state index is 0.165. The summed E-state index contributed by atoms with van der Waals surface area (Å²) in [7, 11) is 1.81. The summed E-state index contributed by atoms with van der Waals surface area (Å²) in [6.45, 7) is 1.94. The number of pyridine rings is 1. The highest BCUT2D eigenvalue weighted by molar-refractivity contribution is 6.04. The van der Waals surface area contributed by atoms with Crippen molar-refractivity contribution < 1.29 is 9.32 Å². The molecular formula is C27H23N9O3. The van der Waals surface area contributed by atoms with Gasteiger partial charge >= 0.3 is 0 Å². The second-order valence-electron chi connectivity index (χ2n) is 8.38. The Bertz CT molecular complexity index is 1940. The predicted octanol–water partition coefficient (Wildman–Crippen LogP) is 2.08. The van der Waals surface area contributed by atoms with Gasteiger partial charge in [0.05, 0.1) is 23.0 Å². The molecule has 0 saturated carbocycles. The van der Waals surface area contributed by atoms with Gasteiger partial charge in [0.2, 0.25) is 0 Å². The number of rotatable bonds is 3. The van der Waals surface area contributed by atoms with E-state index in [1.54, 1.807) is 46.0 Å². The molecule has 0 aliphatic carbocycles. The molecule has 5 heterocycles. The fraction of sp³-hybridized carbons (Fsp3) is 0.111. The Morgan fingerprint density at radius 2 is 1.87 bits per heavy atom. The van der Waals surface area contributed by atoms with E-state index in [0.29, 0.717) is 17.8 Å². The van der Waals surface area contributed by atoms with Gasteiger partial charge in [-0.25, -0.2) is 4.52 Å². The second-order valence-corrected chi connectivity index (χ2v) is 8.38. The summed E-state index contributed by atoms with van der Waals surface area (Å²) in [6, 6.07) is 14.7. The van der Waals surface area contributed by atoms with E-state index in [4.69, 9.17) is 16.0 Å². The number of amides is 1. The number of nitrogen functional groups attached to an aromatic ring is 1. The van der Waals surface area contributed by atoms with Gasteiger partial charge in [-0.3, -0.25) is 18.8 Å². The van der Waals surface area contributed by atoms with Crippen molar-refractivity contribution in [1.29, 1.82) is 0 Å². The number of para-hydroxylation sites is 1. The molecule has 1 amide bonds. The highest BCUT2D eigenvalue weighted by atomic mass is 16.5. The minimum atomic E-state index is -0.557. The Morgan fingerprint density at radius 1 is 1.10 bits per heavy atom. The lowest BCUT2D eigenvalue weighted by Crippen LogP contribution is -2.23. The monoisotopic (exact) mass is 521 g/mol. The molecule has 39 heavy (non-hydrogen) atoms. The van der Waals surface area contributed by atoms with Gasteiger partial charge in [-0.15, -0.1) is 5.10 Å². The molecule has 12 heteroatoms. The highest BCUT2D eigenvalue weighted by Crippen LogP contribution is 2.17. The van der Waals surface area contributed by atoms with Crippen molar-refractivity contribution in [2.45, 2.75) is 13.3 Å². The molecule has 0 aliphatic heterocycles. The Morgan fingerprint density at radius 3 is 2.56 bits per heavy atom. The molecule has 0 fully saturated rings. The predicted molar refractivity (Wildman–Crippen MR) is 144 cm³/mol. The molecule has 0 unspecified atom stereocenters. The van der Waals surface area contributed by atoms with Gasteiger partial charge in [0.1, 0.15) is 16.8 Å². The van der Waals surface area contributed by atoms with Gasteiger partial charge in [0.15, 0.2) is 11.5 Å². The van der Waals surface area contributed by atoms with Crippen LogP contribution in [0.15, 0.2) is 76.4 Å². The van der Waals surface area contributed by atoms with Crippen molar-refractivity contribution in [2.24, 2.45) is 12.8 Å². The van der Waals surface area contributed by atoms with E-state index in [9.17, 15) is 9.59 Å². The first-order valence-electron chi connectivity index (χ1n) is 11.9. The first-order chi connectivity index (χ1) is 18.9. The molecular weight excluding hydrogens is 498 g/mol. The number of benzene rings is 1. The summed E-state index contributed by atoms with van der Waals surface area (Å²) in [4.78, 5) is 28.6. The topological polar surface area (TPSA) is 165 Å². The lowest BCUT2D eigenvalue weighted by Gasteiger charge is -2.10. The van der Waals surface area contributed by atoms with E-state index < -0.39 is 5.91 Å². The Labute approximate surface area is 221 Å². The zero-order valence-electron chi connectivity index (χ0n) is 21.1. The molecule has 0 bridgehead atoms. The number of carbonyl (C=O) groups is 1. The maximum Gasteiger partial charge on any atom is 0.272 e. The molecule has 0 radical (unpaired) electrons. The van der Waals surface area contributed by atoms with E-state index in [1.807, 2.05) is 44.3 Å². The summed E-state index contributed by atoms with van der Waals surface area (Å²) in [5.74, 6) is 6.05. The van der Waals surface area contributed by atoms with Crippen molar-refractivity contribution in [1.82, 2.24) is 34.1 Å². The van der Waals surface area contributed by atoms with Crippen LogP contribution in [0.1, 0.15) is 34.4 Å². The van der Waals surface area contributed by atoms with E-state index >= 15 is 0 Å². The highest BCUT2D eigenvalue weighted by Gasteiger charge is 2.18. The number of hydrogen-bond acceptors (Lipinski definition) is 8. The maximum absolute atomic E-state index is 13.1. The van der Waals surface area contributed by atoms with Crippen molar-refractivity contribution in [3.8, 4) is 17.5 Å². The van der Waals surface area contributed by atoms with Crippen LogP contribution < -0.4 is 17.0 Å². The number of nitrogens with two attached hydrogens (primary N) is 2. The van der Waals surface area contributed by atoms with Crippen molar-refractivity contribution >= 4 is 28.3 Å². The first-order valence-corrected chi connectivity index (χ1v) is 11.9. The van der Waals surface area contributed by atoms with Crippen LogP contribution in [0.5, 0.6) is 0 Å². The average molecular weight is 522 g/mol. The number of fused-ring (bicyclic) bond motifs is 2. The fourth-order valence-corrected chi connectivity index (χ4v) is 4.00. The van der Waals surface area contributed by atoms with E-state index in [2.05, 4.69) is 32.2 Å². The maximum atomic E-state index is 13.1. The van der Waals surface area contributed by atoms with Crippen molar-refractivity contribution in [3.05, 3.63) is 100 Å². The molecule has 12 nitrogen and oxygen atoms in total. The lowest BCUT2D eigenvalue weighted by molar-refractivity contribution is 0.100. The molecule has 0 saturated heterocycles. The van der Waals surface area contributed by atoms with E-state index in [-0.39, 0.29) is 33.7 Å². The summed E-state index contributed by atoms with van der Waals surface area (Å²) in [5.41, 5.74) is 13.3. The number of aryl methyl sites for hydroxylation is 2. The van der Waals surface area contributed by atoms with Crippen LogP contribution in [0, 0.1) is 11.8 Å². The van der Waals surface area contributed by atoms with Crippen LogP contribution in [-0.2, 0) is 13.5 Å². The number of aromatic nitrogens is 7. The number of carbonyl (C=O) groups excluding carboxylic acids is 1. The molecule has 6 rings (SSSR count). The van der Waals surface area contributed by atoms with Crippen LogP contribution in [0.2, 0.25) is 0 Å². The summed E-state index contributed by atoms with van der Waals surface area (Å²) < 4.78 is 10.0. The first kappa shape index (κ1) is 25.0. The molecule has 1 aromatic carbocycles. The van der Waals surface area contributed by atoms with Crippen LogP contribution in [-0.4, -0.2) is 40.0 Å². The van der Waals surface area contributed by atoms with Gasteiger partial charge in [0.25, 0.3) is 17.2 Å². The SMILES string of the molecule is CCc1nc2onc(C#Cc3cnn(C)c3)c2c(=O)n1-c1ccccc1.NC(=O)c1c(N)nn2ccccc12. The summed E-state index contributed by atoms with van der Waals surface area (Å²) in [5, 5.41) is 12.2. The van der Waals surface area contributed by atoms with Gasteiger partial charge in [-0.1, -0.05) is 42.3 Å². The molecule has 194 valence electrons. The largest absolute Gasteiger partial charge is 0.382 e. The van der Waals surface area contributed by atoms with Gasteiger partial charge in [-0.05, 0) is 30.2 Å². The number of primary amides is 1. The van der Waals surface area contributed by atoms with E-state index in [0.717, 1.165) is 11.3 Å². The van der Waals surface area contributed by atoms with Crippen molar-refractivity contribution in [2.75, 3.05) is 5.73 Å². The zero-order valence-corrected chi connectivity index (χ0v) is 21.1. The van der Waals surface area contributed by atoms with Gasteiger partial charge in [-0.2, -0.15) is 10.1 Å². The molecule has 6 aromatic rings. The van der Waals surface area contributed by atoms with Gasteiger partial charge < -0.3 is 16.0 Å². The van der Waals surface area contributed by atoms with Crippen LogP contribution in [0.25, 0.3) is 22.3 Å². The molecule has 0 atom stereocenters. The number of anilines is 1. The van der Waals surface area contributed by atoms with Crippen LogP contribution >= 0.6 is 0 Å². The normalized spacial score (nSPS) is 10.6. The van der Waals surface area contributed by atoms with Gasteiger partial charge in [0, 0.05) is 25.9 Å². The Hall–Kier alpha value is -5.70. The number of nitrogens with zero attached hydrogens (tertiary/aromatic N) is 7. The van der Waals surface area contributed by atoms with E-state index in [1.165, 1.54) is 4.52 Å². The fourth-order valence-electron chi connectivity index (χ4n) is 4.00. The van der Waals surface area contributed by atoms with Crippen LogP contribution in [0.4, 0.5) is 5.82 Å². The quantitative estimate of drug-likeness (QED) is 0.334. The zero-order chi connectivity index (χ0) is 27.5. The molecule has 5 aromatic heterocycles. The number of hydrogen-bond donors (Lipinski definition) is 2. The third-order valence-electron chi connectivity index (χ3n) is 5.75. The summed E-state index contributed by atoms with van der Waals surface area (Å²) in [6.07, 6.45) is 5.71. The molecule has 0 spiro atoms. The third kappa shape index (κ3) is 4.84. The Kier molecular flexibility index (Phi) is 6.63. The summed E-state index contributed by atoms with van der Waals surface area (Å²) >= 11 is 0. The third-order valence-corrected chi connectivity index (χ3v) is 5.75. The second kappa shape index (κ2) is 10.3. The minimum Gasteiger partial charge on any atom is -0.382 e. The smallest absolute Gasteiger partial charge is 0.272 e. The van der Waals surface area contributed by atoms with Crippen molar-refractivity contribution in [3.63, 3.8) is 0 Å². The van der Waals surface area contributed by atoms with Crippen LogP contribution in [0.3, 0.4) is 0 Å². The molecule has 0 aliphatic rings. The standard InChI is InChI=1S/C19H15N5O2.C8H8N4O/c1-3-16-21-18-17(19(25)24(16)14-7-5-4-6-8-14)15(22-26-18)10-9-13-11-20-23(2)12-13;9-7-6(8(10)13)5-3-1-2-4-12(5)11-7/h4-8,11-12H,3H2,1-2H3;1-4H,(H2,9,11)(H2,10,13). The Balaban J connectivity index is 0.000000198. The average Bonchev–Trinajstić information content (AvgIpc) is 3.63. The molecule has 4 N–H and O–H groups in total. The lowest BCUT2D eigenvalue weighted by atomic mass is 10.2.